The van der Waals surface area contributed by atoms with Gasteiger partial charge in [-0.1, -0.05) is 12.1 Å². The van der Waals surface area contributed by atoms with Crippen LogP contribution in [0.2, 0.25) is 0 Å². The van der Waals surface area contributed by atoms with Crippen molar-refractivity contribution in [2.24, 2.45) is 0 Å². The van der Waals surface area contributed by atoms with Crippen LogP contribution in [0.1, 0.15) is 11.1 Å². The molecule has 76 valence electrons. The molecule has 1 rings (SSSR count). The van der Waals surface area contributed by atoms with Gasteiger partial charge in [-0.2, -0.15) is 0 Å². The topological polar surface area (TPSA) is 0 Å². The molecule has 2 heteroatoms. The Bertz CT molecular complexity index is 324. The van der Waals surface area contributed by atoms with E-state index in [0.29, 0.717) is 0 Å². The first-order chi connectivity index (χ1) is 5.67. The maximum absolute atomic E-state index is 2.64. The zero-order valence-corrected chi connectivity index (χ0v) is 12.1. The van der Waals surface area contributed by atoms with Crippen molar-refractivity contribution < 1.29 is 0 Å². The minimum atomic E-state index is -1.58. The van der Waals surface area contributed by atoms with Gasteiger partial charge in [0.25, 0.3) is 0 Å². The van der Waals surface area contributed by atoms with Crippen LogP contribution in [-0.4, -0.2) is 18.8 Å². The van der Waals surface area contributed by atoms with Crippen molar-refractivity contribution in [1.29, 1.82) is 0 Å². The third kappa shape index (κ3) is 2.88. The maximum atomic E-state index is 2.64. The first-order valence-corrected chi connectivity index (χ1v) is 10.8. The summed E-state index contributed by atoms with van der Waals surface area (Å²) in [6.07, 6.45) is 5.58. The summed E-state index contributed by atoms with van der Waals surface area (Å²) in [5.74, 6) is 0. The van der Waals surface area contributed by atoms with E-state index in [-0.39, 0.29) is 0 Å². The fraction of sp³-hybridized carbons (Fsp3) is 0.455. The molecule has 0 fully saturated rings. The van der Waals surface area contributed by atoms with Crippen LogP contribution in [0.25, 0.3) is 0 Å². The predicted molar refractivity (Wildman–Crippen MR) is 75.0 cm³/mol. The Morgan fingerprint density at radius 3 is 1.92 bits per heavy atom. The first kappa shape index (κ1) is 11.4. The van der Waals surface area contributed by atoms with Crippen LogP contribution >= 0.6 is 27.5 Å². The molecular weight excluding hydrogens is 291 g/mol. The normalized spacial score (nSPS) is 15.1. The Morgan fingerprint density at radius 1 is 1.00 bits per heavy atom. The van der Waals surface area contributed by atoms with E-state index in [1.165, 1.54) is 16.0 Å². The van der Waals surface area contributed by atoms with Gasteiger partial charge in [0.05, 0.1) is 0 Å². The SMILES string of the molecule is Cc1ccc([SH](C)(C)(C)I)cc1C. The smallest absolute Gasteiger partial charge is 0.0173 e. The van der Waals surface area contributed by atoms with Crippen LogP contribution in [-0.2, 0) is 0 Å². The molecule has 0 aliphatic rings. The van der Waals surface area contributed by atoms with Gasteiger partial charge in [0.2, 0.25) is 0 Å². The van der Waals surface area contributed by atoms with E-state index < -0.39 is 6.33 Å². The fourth-order valence-corrected chi connectivity index (χ4v) is 3.30. The molecular formula is C11H19IS. The second-order valence-electron chi connectivity index (χ2n) is 4.87. The van der Waals surface area contributed by atoms with Gasteiger partial charge in [0.1, 0.15) is 0 Å². The Kier molecular flexibility index (Phi) is 2.76. The van der Waals surface area contributed by atoms with Crippen molar-refractivity contribution in [2.45, 2.75) is 18.7 Å². The van der Waals surface area contributed by atoms with Crippen molar-refractivity contribution in [3.63, 3.8) is 0 Å². The molecule has 1 aromatic rings. The summed E-state index contributed by atoms with van der Waals surface area (Å²) < 4.78 is 0. The number of benzene rings is 1. The molecule has 0 atom stereocenters. The molecule has 0 bridgehead atoms. The molecule has 0 saturated heterocycles. The highest BCUT2D eigenvalue weighted by Crippen LogP contribution is 2.73. The second-order valence-corrected chi connectivity index (χ2v) is 20.7. The van der Waals surface area contributed by atoms with Crippen molar-refractivity contribution >= 4 is 27.5 Å². The summed E-state index contributed by atoms with van der Waals surface area (Å²) in [4.78, 5) is 1.52. The van der Waals surface area contributed by atoms with Gasteiger partial charge in [-0.15, -0.1) is 0 Å². The van der Waals surface area contributed by atoms with Gasteiger partial charge >= 0.3 is 0 Å². The molecule has 0 aliphatic heterocycles. The van der Waals surface area contributed by atoms with Crippen LogP contribution in [0.5, 0.6) is 0 Å². The number of hydrogen-bond acceptors (Lipinski definition) is 0. The molecule has 0 saturated carbocycles. The minimum absolute atomic E-state index is 1.39. The van der Waals surface area contributed by atoms with Crippen LogP contribution in [0.15, 0.2) is 23.1 Å². The molecule has 0 radical (unpaired) electrons. The lowest BCUT2D eigenvalue weighted by atomic mass is 10.1. The lowest BCUT2D eigenvalue weighted by Crippen LogP contribution is -2.04. The van der Waals surface area contributed by atoms with Gasteiger partial charge in [-0.25, -0.2) is 6.33 Å². The highest BCUT2D eigenvalue weighted by atomic mass is 127. The number of aryl methyl sites for hydroxylation is 2. The summed E-state index contributed by atoms with van der Waals surface area (Å²) >= 11 is 2.64. The predicted octanol–water partition coefficient (Wildman–Crippen LogP) is 3.97. The molecule has 0 unspecified atom stereocenters. The molecule has 0 aromatic heterocycles. The molecule has 0 nitrogen and oxygen atoms in total. The van der Waals surface area contributed by atoms with Gasteiger partial charge in [0, 0.05) is 0 Å². The molecule has 0 spiro atoms. The Morgan fingerprint density at radius 2 is 1.54 bits per heavy atom. The molecule has 1 aromatic carbocycles. The molecule has 13 heavy (non-hydrogen) atoms. The fourth-order valence-electron chi connectivity index (χ4n) is 1.20. The van der Waals surface area contributed by atoms with Crippen molar-refractivity contribution in [1.82, 2.24) is 0 Å². The number of halogens is 1. The average Bonchev–Trinajstić information content (AvgIpc) is 1.91. The van der Waals surface area contributed by atoms with E-state index in [1.807, 2.05) is 0 Å². The molecule has 0 heterocycles. The van der Waals surface area contributed by atoms with E-state index in [9.17, 15) is 0 Å². The summed E-state index contributed by atoms with van der Waals surface area (Å²) in [5.41, 5.74) is 2.80. The summed E-state index contributed by atoms with van der Waals surface area (Å²) in [6, 6.07) is 6.87. The third-order valence-corrected chi connectivity index (χ3v) is 6.06. The van der Waals surface area contributed by atoms with E-state index in [1.54, 1.807) is 0 Å². The zero-order valence-electron chi connectivity index (χ0n) is 9.06. The summed E-state index contributed by atoms with van der Waals surface area (Å²) in [7, 11) is 0. The standard InChI is InChI=1S/C11H19IS/c1-9-6-7-11(8-10(9)2)13(3,4,5)12/h6-8,13H,1-5H3. The first-order valence-electron chi connectivity index (χ1n) is 4.47. The van der Waals surface area contributed by atoms with E-state index >= 15 is 0 Å². The van der Waals surface area contributed by atoms with Crippen LogP contribution in [0.4, 0.5) is 0 Å². The van der Waals surface area contributed by atoms with Crippen LogP contribution < -0.4 is 0 Å². The minimum Gasteiger partial charge on any atom is -0.227 e. The van der Waals surface area contributed by atoms with Gasteiger partial charge in [-0.3, -0.25) is 0 Å². The Balaban J connectivity index is 3.28. The quantitative estimate of drug-likeness (QED) is 0.589. The van der Waals surface area contributed by atoms with Gasteiger partial charge in [-0.05, 0) is 75.9 Å². The lowest BCUT2D eigenvalue weighted by molar-refractivity contribution is 1.27. The molecule has 0 aliphatic carbocycles. The van der Waals surface area contributed by atoms with E-state index in [4.69, 9.17) is 0 Å². The maximum Gasteiger partial charge on any atom is -0.0173 e. The highest BCUT2D eigenvalue weighted by molar-refractivity contribution is 14.2. The molecule has 0 amide bonds. The largest absolute Gasteiger partial charge is 0.227 e. The third-order valence-electron chi connectivity index (χ3n) is 2.36. The zero-order chi connectivity index (χ0) is 10.3. The Labute approximate surface area is 94.0 Å². The van der Waals surface area contributed by atoms with E-state index in [0.717, 1.165) is 0 Å². The van der Waals surface area contributed by atoms with Gasteiger partial charge < -0.3 is 0 Å². The monoisotopic (exact) mass is 310 g/mol. The van der Waals surface area contributed by atoms with Crippen molar-refractivity contribution in [3.8, 4) is 0 Å². The summed E-state index contributed by atoms with van der Waals surface area (Å²) in [6.45, 7) is 4.36. The number of rotatable bonds is 1. The van der Waals surface area contributed by atoms with Crippen LogP contribution in [0, 0.1) is 13.8 Å². The van der Waals surface area contributed by atoms with Crippen LogP contribution in [0.3, 0.4) is 0 Å². The second kappa shape index (κ2) is 3.16. The lowest BCUT2D eigenvalue weighted by Gasteiger charge is -2.45. The average molecular weight is 310 g/mol. The van der Waals surface area contributed by atoms with E-state index in [2.05, 4.69) is 72.0 Å². The molecule has 0 N–H and O–H groups in total. The van der Waals surface area contributed by atoms with Crippen molar-refractivity contribution in [2.75, 3.05) is 18.8 Å². The summed E-state index contributed by atoms with van der Waals surface area (Å²) in [5, 5.41) is 0. The van der Waals surface area contributed by atoms with Gasteiger partial charge in [0.15, 0.2) is 0 Å². The number of hydrogen-bond donors (Lipinski definition) is 1. The highest BCUT2D eigenvalue weighted by Gasteiger charge is 2.23. The Hall–Kier alpha value is 0.300. The van der Waals surface area contributed by atoms with Crippen molar-refractivity contribution in [3.05, 3.63) is 29.3 Å². The number of thiol groups is 1.